The van der Waals surface area contributed by atoms with Crippen LogP contribution < -0.4 is 4.74 Å². The lowest BCUT2D eigenvalue weighted by atomic mass is 10.1. The molecule has 28 heavy (non-hydrogen) atoms. The summed E-state index contributed by atoms with van der Waals surface area (Å²) in [5.41, 5.74) is 0.529. The van der Waals surface area contributed by atoms with Gasteiger partial charge in [-0.15, -0.1) is 0 Å². The predicted molar refractivity (Wildman–Crippen MR) is 104 cm³/mol. The molecule has 2 atom stereocenters. The molecule has 0 aliphatic carbocycles. The van der Waals surface area contributed by atoms with Crippen LogP contribution in [0.25, 0.3) is 11.0 Å². The first-order chi connectivity index (χ1) is 13.5. The third kappa shape index (κ3) is 3.39. The van der Waals surface area contributed by atoms with Gasteiger partial charge in [-0.3, -0.25) is 0 Å². The van der Waals surface area contributed by atoms with Gasteiger partial charge in [0.1, 0.15) is 5.75 Å². The van der Waals surface area contributed by atoms with E-state index in [0.29, 0.717) is 24.2 Å². The standard InChI is InChI=1S/C20H22N2O5S/c1-26-16-10-14-11-18(19(23)12-15-6-5-9-27-15)22(20(14)21-13-16)28(24,25)17-7-3-2-4-8-17/h2-4,7-8,10-11,13,15,19,23H,5-6,9,12H2,1H3. The molecular weight excluding hydrogens is 380 g/mol. The molecule has 2 unspecified atom stereocenters. The molecule has 1 N–H and O–H groups in total. The number of hydrogen-bond acceptors (Lipinski definition) is 6. The van der Waals surface area contributed by atoms with E-state index in [1.54, 1.807) is 30.3 Å². The Morgan fingerprint density at radius 2 is 2.11 bits per heavy atom. The van der Waals surface area contributed by atoms with Crippen LogP contribution in [-0.2, 0) is 14.8 Å². The number of rotatable bonds is 6. The first-order valence-corrected chi connectivity index (χ1v) is 10.6. The molecule has 3 heterocycles. The highest BCUT2D eigenvalue weighted by Crippen LogP contribution is 2.33. The van der Waals surface area contributed by atoms with E-state index in [9.17, 15) is 13.5 Å². The lowest BCUT2D eigenvalue weighted by Crippen LogP contribution is -2.20. The maximum absolute atomic E-state index is 13.4. The molecule has 1 aliphatic rings. The average molecular weight is 402 g/mol. The van der Waals surface area contributed by atoms with E-state index in [4.69, 9.17) is 9.47 Å². The minimum absolute atomic E-state index is 0.0802. The Hall–Kier alpha value is -2.42. The Balaban J connectivity index is 1.86. The topological polar surface area (TPSA) is 90.7 Å². The van der Waals surface area contributed by atoms with Crippen LogP contribution in [0.1, 0.15) is 31.1 Å². The van der Waals surface area contributed by atoms with Gasteiger partial charge in [0.05, 0.1) is 36.1 Å². The van der Waals surface area contributed by atoms with Crippen molar-refractivity contribution in [3.63, 3.8) is 0 Å². The zero-order valence-electron chi connectivity index (χ0n) is 15.5. The molecule has 4 rings (SSSR count). The third-order valence-electron chi connectivity index (χ3n) is 4.97. The minimum Gasteiger partial charge on any atom is -0.495 e. The second kappa shape index (κ2) is 7.54. The Morgan fingerprint density at radius 1 is 1.32 bits per heavy atom. The van der Waals surface area contributed by atoms with Gasteiger partial charge in [-0.05, 0) is 37.1 Å². The maximum Gasteiger partial charge on any atom is 0.269 e. The highest BCUT2D eigenvalue weighted by molar-refractivity contribution is 7.90. The number of benzene rings is 1. The Bertz CT molecular complexity index is 1070. The Morgan fingerprint density at radius 3 is 2.79 bits per heavy atom. The van der Waals surface area contributed by atoms with Gasteiger partial charge in [0.15, 0.2) is 5.65 Å². The molecule has 7 nitrogen and oxygen atoms in total. The summed E-state index contributed by atoms with van der Waals surface area (Å²) in [4.78, 5) is 4.43. The predicted octanol–water partition coefficient (Wildman–Crippen LogP) is 2.88. The van der Waals surface area contributed by atoms with Crippen LogP contribution in [0.5, 0.6) is 5.75 Å². The Kier molecular flexibility index (Phi) is 5.09. The van der Waals surface area contributed by atoms with Gasteiger partial charge in [0.2, 0.25) is 0 Å². The quantitative estimate of drug-likeness (QED) is 0.682. The van der Waals surface area contributed by atoms with E-state index < -0.39 is 16.1 Å². The zero-order chi connectivity index (χ0) is 19.7. The normalized spacial score (nSPS) is 18.4. The summed E-state index contributed by atoms with van der Waals surface area (Å²) in [5, 5.41) is 11.5. The summed E-state index contributed by atoms with van der Waals surface area (Å²) >= 11 is 0. The van der Waals surface area contributed by atoms with Crippen LogP contribution in [-0.4, -0.2) is 42.3 Å². The number of aliphatic hydroxyl groups is 1. The largest absolute Gasteiger partial charge is 0.495 e. The van der Waals surface area contributed by atoms with Crippen molar-refractivity contribution in [2.75, 3.05) is 13.7 Å². The number of fused-ring (bicyclic) bond motifs is 1. The van der Waals surface area contributed by atoms with Crippen molar-refractivity contribution in [1.82, 2.24) is 8.96 Å². The second-order valence-corrected chi connectivity index (χ2v) is 8.61. The first kappa shape index (κ1) is 18.9. The van der Waals surface area contributed by atoms with Crippen molar-refractivity contribution < 1.29 is 23.0 Å². The Labute approximate surface area is 163 Å². The van der Waals surface area contributed by atoms with Gasteiger partial charge in [-0.2, -0.15) is 0 Å². The van der Waals surface area contributed by atoms with Crippen LogP contribution >= 0.6 is 0 Å². The molecule has 0 saturated carbocycles. The fraction of sp³-hybridized carbons (Fsp3) is 0.350. The van der Waals surface area contributed by atoms with Crippen LogP contribution in [0.3, 0.4) is 0 Å². The van der Waals surface area contributed by atoms with Crippen molar-refractivity contribution in [1.29, 1.82) is 0 Å². The molecule has 0 spiro atoms. The minimum atomic E-state index is -3.94. The van der Waals surface area contributed by atoms with E-state index in [1.165, 1.54) is 25.4 Å². The molecule has 0 radical (unpaired) electrons. The van der Waals surface area contributed by atoms with Gasteiger partial charge in [0, 0.05) is 18.4 Å². The van der Waals surface area contributed by atoms with Crippen LogP contribution in [0, 0.1) is 0 Å². The summed E-state index contributed by atoms with van der Waals surface area (Å²) < 4.78 is 38.7. The molecule has 148 valence electrons. The summed E-state index contributed by atoms with van der Waals surface area (Å²) in [6.45, 7) is 0.668. The molecule has 1 fully saturated rings. The van der Waals surface area contributed by atoms with E-state index in [1.807, 2.05) is 0 Å². The van der Waals surface area contributed by atoms with E-state index in [2.05, 4.69) is 4.98 Å². The zero-order valence-corrected chi connectivity index (χ0v) is 16.3. The fourth-order valence-corrected chi connectivity index (χ4v) is 5.11. The van der Waals surface area contributed by atoms with Crippen molar-refractivity contribution >= 4 is 21.1 Å². The molecule has 2 aromatic heterocycles. The molecular formula is C20H22N2O5S. The van der Waals surface area contributed by atoms with Crippen LogP contribution in [0.15, 0.2) is 53.6 Å². The first-order valence-electron chi connectivity index (χ1n) is 9.16. The maximum atomic E-state index is 13.4. The van der Waals surface area contributed by atoms with E-state index in [0.717, 1.165) is 16.8 Å². The van der Waals surface area contributed by atoms with E-state index in [-0.39, 0.29) is 22.3 Å². The van der Waals surface area contributed by atoms with Gasteiger partial charge < -0.3 is 14.6 Å². The average Bonchev–Trinajstić information content (AvgIpc) is 3.35. The molecule has 1 aliphatic heterocycles. The smallest absolute Gasteiger partial charge is 0.269 e. The van der Waals surface area contributed by atoms with Gasteiger partial charge in [0.25, 0.3) is 10.0 Å². The van der Waals surface area contributed by atoms with Gasteiger partial charge in [-0.1, -0.05) is 18.2 Å². The fourth-order valence-electron chi connectivity index (χ4n) is 3.56. The van der Waals surface area contributed by atoms with Crippen molar-refractivity contribution in [2.24, 2.45) is 0 Å². The lowest BCUT2D eigenvalue weighted by molar-refractivity contribution is 0.0517. The van der Waals surface area contributed by atoms with E-state index >= 15 is 0 Å². The summed E-state index contributed by atoms with van der Waals surface area (Å²) in [6.07, 6.45) is 2.52. The van der Waals surface area contributed by atoms with Crippen LogP contribution in [0.2, 0.25) is 0 Å². The van der Waals surface area contributed by atoms with Gasteiger partial charge in [-0.25, -0.2) is 17.4 Å². The number of methoxy groups -OCH3 is 1. The number of aromatic nitrogens is 2. The highest BCUT2D eigenvalue weighted by atomic mass is 32.2. The van der Waals surface area contributed by atoms with Crippen molar-refractivity contribution in [3.05, 3.63) is 54.4 Å². The number of pyridine rings is 1. The van der Waals surface area contributed by atoms with Crippen molar-refractivity contribution in [2.45, 2.75) is 36.4 Å². The number of aliphatic hydroxyl groups excluding tert-OH is 1. The number of nitrogens with zero attached hydrogens (tertiary/aromatic N) is 2. The summed E-state index contributed by atoms with van der Waals surface area (Å²) in [5.74, 6) is 0.516. The molecule has 0 amide bonds. The monoisotopic (exact) mass is 402 g/mol. The SMILES string of the molecule is COc1cnc2c(c1)cc(C(O)CC1CCCO1)n2S(=O)(=O)c1ccccc1. The molecule has 0 bridgehead atoms. The highest BCUT2D eigenvalue weighted by Gasteiger charge is 2.29. The van der Waals surface area contributed by atoms with Crippen molar-refractivity contribution in [3.8, 4) is 5.75 Å². The number of ether oxygens (including phenoxy) is 2. The number of hydrogen-bond donors (Lipinski definition) is 1. The molecule has 8 heteroatoms. The third-order valence-corrected chi connectivity index (χ3v) is 6.70. The molecule has 1 saturated heterocycles. The lowest BCUT2D eigenvalue weighted by Gasteiger charge is -2.18. The summed E-state index contributed by atoms with van der Waals surface area (Å²) in [7, 11) is -2.42. The summed E-state index contributed by atoms with van der Waals surface area (Å²) in [6, 6.07) is 11.5. The second-order valence-electron chi connectivity index (χ2n) is 6.83. The molecule has 1 aromatic carbocycles. The van der Waals surface area contributed by atoms with Gasteiger partial charge >= 0.3 is 0 Å². The van der Waals surface area contributed by atoms with Crippen LogP contribution in [0.4, 0.5) is 0 Å². The molecule has 3 aromatic rings.